The Hall–Kier alpha value is -1.64. The lowest BCUT2D eigenvalue weighted by Gasteiger charge is -2.07. The van der Waals surface area contributed by atoms with Crippen LogP contribution >= 0.6 is 0 Å². The van der Waals surface area contributed by atoms with Gasteiger partial charge in [-0.25, -0.2) is 0 Å². The molecule has 3 heteroatoms. The maximum Gasteiger partial charge on any atom is 0.113 e. The summed E-state index contributed by atoms with van der Waals surface area (Å²) in [6.45, 7) is 11.7. The number of nitrogens with zero attached hydrogens (tertiary/aromatic N) is 3. The monoisotopic (exact) mass is 243 g/mol. The van der Waals surface area contributed by atoms with Gasteiger partial charge in [-0.05, 0) is 49.4 Å². The van der Waals surface area contributed by atoms with Gasteiger partial charge < -0.3 is 0 Å². The minimum Gasteiger partial charge on any atom is -0.252 e. The zero-order chi connectivity index (χ0) is 13.3. The third-order valence-corrected chi connectivity index (χ3v) is 3.21. The zero-order valence-electron chi connectivity index (χ0n) is 11.9. The van der Waals surface area contributed by atoms with Crippen molar-refractivity contribution in [3.8, 4) is 11.3 Å². The number of benzene rings is 1. The van der Waals surface area contributed by atoms with Gasteiger partial charge in [0.2, 0.25) is 0 Å². The molecule has 0 saturated carbocycles. The fourth-order valence-corrected chi connectivity index (χ4v) is 2.12. The highest BCUT2D eigenvalue weighted by molar-refractivity contribution is 5.64. The van der Waals surface area contributed by atoms with E-state index in [0.717, 1.165) is 12.2 Å². The fraction of sp³-hybridized carbons (Fsp3) is 0.467. The standard InChI is InChI=1S/C15H21N3/c1-10(2)8-18-9-15(16-17-18)14-7-12(4)11(3)6-13(14)5/h6-7,9-10H,8H2,1-5H3. The molecule has 0 aliphatic rings. The Morgan fingerprint density at radius 1 is 1.06 bits per heavy atom. The Morgan fingerprint density at radius 2 is 1.72 bits per heavy atom. The first-order valence-corrected chi connectivity index (χ1v) is 6.45. The minimum absolute atomic E-state index is 0.584. The molecule has 0 aliphatic carbocycles. The van der Waals surface area contributed by atoms with Gasteiger partial charge in [0.15, 0.2) is 0 Å². The normalized spacial score (nSPS) is 11.2. The highest BCUT2D eigenvalue weighted by Gasteiger charge is 2.09. The van der Waals surface area contributed by atoms with Crippen molar-refractivity contribution < 1.29 is 0 Å². The molecule has 0 spiro atoms. The smallest absolute Gasteiger partial charge is 0.113 e. The Bertz CT molecular complexity index is 553. The highest BCUT2D eigenvalue weighted by Crippen LogP contribution is 2.24. The van der Waals surface area contributed by atoms with E-state index in [2.05, 4.69) is 57.1 Å². The molecule has 2 rings (SSSR count). The number of hydrogen-bond acceptors (Lipinski definition) is 2. The van der Waals surface area contributed by atoms with Gasteiger partial charge in [-0.1, -0.05) is 25.1 Å². The minimum atomic E-state index is 0.584. The van der Waals surface area contributed by atoms with Crippen molar-refractivity contribution >= 4 is 0 Å². The molecular weight excluding hydrogens is 222 g/mol. The summed E-state index contributed by atoms with van der Waals surface area (Å²) in [4.78, 5) is 0. The summed E-state index contributed by atoms with van der Waals surface area (Å²) in [6.07, 6.45) is 2.04. The molecule has 0 bridgehead atoms. The van der Waals surface area contributed by atoms with Crippen LogP contribution in [0.15, 0.2) is 18.3 Å². The van der Waals surface area contributed by atoms with Crippen LogP contribution in [0.4, 0.5) is 0 Å². The van der Waals surface area contributed by atoms with Gasteiger partial charge in [-0.2, -0.15) is 0 Å². The maximum absolute atomic E-state index is 4.28. The molecule has 1 heterocycles. The molecule has 1 aromatic carbocycles. The summed E-state index contributed by atoms with van der Waals surface area (Å²) < 4.78 is 1.93. The quantitative estimate of drug-likeness (QED) is 0.825. The van der Waals surface area contributed by atoms with E-state index in [9.17, 15) is 0 Å². The van der Waals surface area contributed by atoms with Crippen LogP contribution in [0.3, 0.4) is 0 Å². The maximum atomic E-state index is 4.28. The lowest BCUT2D eigenvalue weighted by molar-refractivity contribution is 0.472. The van der Waals surface area contributed by atoms with Gasteiger partial charge in [-0.15, -0.1) is 5.10 Å². The average molecular weight is 243 g/mol. The molecular formula is C15H21N3. The summed E-state index contributed by atoms with van der Waals surface area (Å²) in [5, 5.41) is 8.48. The molecule has 0 unspecified atom stereocenters. The van der Waals surface area contributed by atoms with Gasteiger partial charge in [0.25, 0.3) is 0 Å². The Kier molecular flexibility index (Phi) is 3.50. The van der Waals surface area contributed by atoms with E-state index in [1.165, 1.54) is 22.3 Å². The molecule has 0 aliphatic heterocycles. The van der Waals surface area contributed by atoms with E-state index in [4.69, 9.17) is 0 Å². The molecule has 96 valence electrons. The first-order chi connectivity index (χ1) is 8.47. The van der Waals surface area contributed by atoms with Gasteiger partial charge in [0.1, 0.15) is 5.69 Å². The average Bonchev–Trinajstić information content (AvgIpc) is 2.70. The third kappa shape index (κ3) is 2.61. The summed E-state index contributed by atoms with van der Waals surface area (Å²) in [5.74, 6) is 0.584. The summed E-state index contributed by atoms with van der Waals surface area (Å²) in [7, 11) is 0. The second kappa shape index (κ2) is 4.92. The predicted octanol–water partition coefficient (Wildman–Crippen LogP) is 3.53. The molecule has 0 saturated heterocycles. The summed E-state index contributed by atoms with van der Waals surface area (Å²) in [5.41, 5.74) is 6.04. The molecule has 0 atom stereocenters. The highest BCUT2D eigenvalue weighted by atomic mass is 15.4. The molecule has 1 aromatic heterocycles. The van der Waals surface area contributed by atoms with Gasteiger partial charge in [0, 0.05) is 12.1 Å². The molecule has 0 amide bonds. The van der Waals surface area contributed by atoms with Crippen LogP contribution in [-0.4, -0.2) is 15.0 Å². The molecule has 0 fully saturated rings. The van der Waals surface area contributed by atoms with Crippen LogP contribution in [-0.2, 0) is 6.54 Å². The second-order valence-electron chi connectivity index (χ2n) is 5.47. The van der Waals surface area contributed by atoms with Crippen molar-refractivity contribution in [3.05, 3.63) is 35.0 Å². The van der Waals surface area contributed by atoms with Crippen molar-refractivity contribution in [3.63, 3.8) is 0 Å². The zero-order valence-corrected chi connectivity index (χ0v) is 11.9. The number of hydrogen-bond donors (Lipinski definition) is 0. The topological polar surface area (TPSA) is 30.7 Å². The fourth-order valence-electron chi connectivity index (χ4n) is 2.12. The lowest BCUT2D eigenvalue weighted by atomic mass is 9.99. The van der Waals surface area contributed by atoms with Crippen LogP contribution in [0, 0.1) is 26.7 Å². The molecule has 0 N–H and O–H groups in total. The van der Waals surface area contributed by atoms with Crippen molar-refractivity contribution in [2.75, 3.05) is 0 Å². The van der Waals surface area contributed by atoms with Crippen LogP contribution in [0.2, 0.25) is 0 Å². The van der Waals surface area contributed by atoms with Crippen molar-refractivity contribution in [1.82, 2.24) is 15.0 Å². The molecule has 18 heavy (non-hydrogen) atoms. The number of aromatic nitrogens is 3. The van der Waals surface area contributed by atoms with E-state index < -0.39 is 0 Å². The second-order valence-corrected chi connectivity index (χ2v) is 5.47. The Balaban J connectivity index is 2.37. The number of aryl methyl sites for hydroxylation is 3. The lowest BCUT2D eigenvalue weighted by Crippen LogP contribution is -2.04. The van der Waals surface area contributed by atoms with Crippen LogP contribution in [0.1, 0.15) is 30.5 Å². The SMILES string of the molecule is Cc1cc(C)c(-c2cn(CC(C)C)nn2)cc1C. The van der Waals surface area contributed by atoms with Gasteiger partial charge in [-0.3, -0.25) is 4.68 Å². The van der Waals surface area contributed by atoms with Crippen molar-refractivity contribution in [2.45, 2.75) is 41.2 Å². The Morgan fingerprint density at radius 3 is 2.39 bits per heavy atom. The van der Waals surface area contributed by atoms with E-state index in [0.29, 0.717) is 5.92 Å². The first-order valence-electron chi connectivity index (χ1n) is 6.45. The van der Waals surface area contributed by atoms with Crippen LogP contribution in [0.5, 0.6) is 0 Å². The molecule has 0 radical (unpaired) electrons. The van der Waals surface area contributed by atoms with E-state index in [-0.39, 0.29) is 0 Å². The van der Waals surface area contributed by atoms with Gasteiger partial charge in [0.05, 0.1) is 6.20 Å². The van der Waals surface area contributed by atoms with E-state index >= 15 is 0 Å². The van der Waals surface area contributed by atoms with Crippen molar-refractivity contribution in [1.29, 1.82) is 0 Å². The third-order valence-electron chi connectivity index (χ3n) is 3.21. The largest absolute Gasteiger partial charge is 0.252 e. The van der Waals surface area contributed by atoms with Gasteiger partial charge >= 0.3 is 0 Å². The molecule has 2 aromatic rings. The Labute approximate surface area is 109 Å². The van der Waals surface area contributed by atoms with Crippen LogP contribution in [0.25, 0.3) is 11.3 Å². The van der Waals surface area contributed by atoms with E-state index in [1.807, 2.05) is 10.9 Å². The predicted molar refractivity (Wildman–Crippen MR) is 74.5 cm³/mol. The molecule has 3 nitrogen and oxygen atoms in total. The number of rotatable bonds is 3. The van der Waals surface area contributed by atoms with E-state index in [1.54, 1.807) is 0 Å². The summed E-state index contributed by atoms with van der Waals surface area (Å²) >= 11 is 0. The first kappa shape index (κ1) is 12.8. The van der Waals surface area contributed by atoms with Crippen LogP contribution < -0.4 is 0 Å². The summed E-state index contributed by atoms with van der Waals surface area (Å²) in [6, 6.07) is 4.42. The van der Waals surface area contributed by atoms with Crippen molar-refractivity contribution in [2.24, 2.45) is 5.92 Å².